The van der Waals surface area contributed by atoms with Crippen molar-refractivity contribution in [1.29, 1.82) is 0 Å². The summed E-state index contributed by atoms with van der Waals surface area (Å²) in [6.07, 6.45) is 0. The van der Waals surface area contributed by atoms with Crippen molar-refractivity contribution in [3.63, 3.8) is 0 Å². The molecular weight excluding hydrogens is 749 g/mol. The summed E-state index contributed by atoms with van der Waals surface area (Å²) < 4.78 is 2.41. The first-order valence-electron chi connectivity index (χ1n) is 21.3. The number of fused-ring (bicyclic) bond motifs is 3. The Hall–Kier alpha value is -8.20. The van der Waals surface area contributed by atoms with Crippen molar-refractivity contribution in [3.8, 4) is 61.3 Å². The summed E-state index contributed by atoms with van der Waals surface area (Å²) in [6.45, 7) is 0. The van der Waals surface area contributed by atoms with Crippen molar-refractivity contribution in [2.75, 3.05) is 4.90 Å². The minimum atomic E-state index is 1.07. The molecule has 0 aliphatic rings. The van der Waals surface area contributed by atoms with E-state index in [1.165, 1.54) is 49.7 Å². The van der Waals surface area contributed by atoms with Crippen LogP contribution in [0.1, 0.15) is 0 Å². The van der Waals surface area contributed by atoms with Crippen LogP contribution in [0.5, 0.6) is 0 Å². The lowest BCUT2D eigenvalue weighted by Crippen LogP contribution is -2.12. The second kappa shape index (κ2) is 16.1. The highest BCUT2D eigenvalue weighted by atomic mass is 15.2. The molecule has 0 saturated heterocycles. The van der Waals surface area contributed by atoms with Crippen LogP contribution in [0.4, 0.5) is 17.1 Å². The largest absolute Gasteiger partial charge is 0.309 e. The fourth-order valence-corrected chi connectivity index (χ4v) is 9.22. The maximum Gasteiger partial charge on any atom is 0.0562 e. The zero-order valence-corrected chi connectivity index (χ0v) is 34.1. The van der Waals surface area contributed by atoms with Crippen LogP contribution in [0, 0.1) is 0 Å². The highest BCUT2D eigenvalue weighted by Crippen LogP contribution is 2.49. The number of hydrogen-bond acceptors (Lipinski definition) is 1. The molecule has 0 spiro atoms. The number of para-hydroxylation sites is 3. The van der Waals surface area contributed by atoms with Gasteiger partial charge in [-0.3, -0.25) is 0 Å². The second-order valence-corrected chi connectivity index (χ2v) is 15.7. The Morgan fingerprint density at radius 2 is 0.710 bits per heavy atom. The molecule has 0 atom stereocenters. The third-order valence-corrected chi connectivity index (χ3v) is 12.0. The van der Waals surface area contributed by atoms with E-state index in [2.05, 4.69) is 264 Å². The molecule has 2 heteroatoms. The van der Waals surface area contributed by atoms with Crippen molar-refractivity contribution in [1.82, 2.24) is 4.57 Å². The molecule has 0 N–H and O–H groups in total. The van der Waals surface area contributed by atoms with Crippen LogP contribution in [0.2, 0.25) is 0 Å². The third kappa shape index (κ3) is 6.65. The monoisotopic (exact) mass is 790 g/mol. The van der Waals surface area contributed by atoms with Gasteiger partial charge in [0, 0.05) is 27.7 Å². The van der Waals surface area contributed by atoms with Gasteiger partial charge in [0.1, 0.15) is 0 Å². The molecule has 10 aromatic carbocycles. The molecule has 0 aliphatic heterocycles. The number of anilines is 3. The summed E-state index contributed by atoms with van der Waals surface area (Å²) >= 11 is 0. The SMILES string of the molecule is c1ccc(-c2cc(-c3ccccc3)cc(N(c3ccccc3-c3ccccc3-c3ccccc3-c3ccccc3)c3cccc4c3c3ccccc3n4-c3ccccc3)c2)cc1. The van der Waals surface area contributed by atoms with Crippen molar-refractivity contribution >= 4 is 38.9 Å². The smallest absolute Gasteiger partial charge is 0.0562 e. The molecule has 292 valence electrons. The predicted octanol–water partition coefficient (Wildman–Crippen LogP) is 16.6. The minimum absolute atomic E-state index is 1.07. The van der Waals surface area contributed by atoms with Crippen LogP contribution in [-0.2, 0) is 0 Å². The zero-order valence-electron chi connectivity index (χ0n) is 34.1. The molecule has 0 amide bonds. The Bertz CT molecular complexity index is 3270. The van der Waals surface area contributed by atoms with E-state index in [9.17, 15) is 0 Å². The summed E-state index contributed by atoms with van der Waals surface area (Å²) in [7, 11) is 0. The number of benzene rings is 10. The molecule has 11 aromatic rings. The van der Waals surface area contributed by atoms with Crippen molar-refractivity contribution < 1.29 is 0 Å². The van der Waals surface area contributed by atoms with Gasteiger partial charge in [0.05, 0.1) is 22.4 Å². The summed E-state index contributed by atoms with van der Waals surface area (Å²) in [5.74, 6) is 0. The van der Waals surface area contributed by atoms with E-state index >= 15 is 0 Å². The Morgan fingerprint density at radius 3 is 1.34 bits per heavy atom. The zero-order chi connectivity index (χ0) is 41.2. The quantitative estimate of drug-likeness (QED) is 0.141. The minimum Gasteiger partial charge on any atom is -0.309 e. The standard InChI is InChI=1S/C60H42N2/c1-5-22-43(23-6-1)46-40-47(44-24-7-2-8-25-44)42-49(41-46)62(59-39-21-38-58-60(59)55-35-18-20-37-57(55)61(58)48-28-11-4-12-29-48)56-36-19-17-34-54(56)53-33-16-15-32-52(53)51-31-14-13-30-50(51)45-26-9-3-10-27-45/h1-42H. The Morgan fingerprint density at radius 1 is 0.274 bits per heavy atom. The third-order valence-electron chi connectivity index (χ3n) is 12.0. The Labute approximate surface area is 362 Å². The molecule has 1 aromatic heterocycles. The lowest BCUT2D eigenvalue weighted by atomic mass is 9.88. The van der Waals surface area contributed by atoms with E-state index in [1.54, 1.807) is 0 Å². The van der Waals surface area contributed by atoms with E-state index in [0.717, 1.165) is 50.5 Å². The van der Waals surface area contributed by atoms with Crippen LogP contribution in [-0.4, -0.2) is 4.57 Å². The van der Waals surface area contributed by atoms with Crippen LogP contribution < -0.4 is 4.90 Å². The molecular formula is C60H42N2. The van der Waals surface area contributed by atoms with Crippen LogP contribution in [0.15, 0.2) is 255 Å². The number of aromatic nitrogens is 1. The predicted molar refractivity (Wildman–Crippen MR) is 263 cm³/mol. The average Bonchev–Trinajstić information content (AvgIpc) is 3.70. The Balaban J connectivity index is 1.23. The molecule has 0 fully saturated rings. The number of rotatable bonds is 9. The van der Waals surface area contributed by atoms with E-state index in [4.69, 9.17) is 0 Å². The number of hydrogen-bond donors (Lipinski definition) is 0. The maximum atomic E-state index is 2.51. The summed E-state index contributed by atoms with van der Waals surface area (Å²) in [5, 5.41) is 2.39. The first-order valence-corrected chi connectivity index (χ1v) is 21.3. The van der Waals surface area contributed by atoms with Crippen molar-refractivity contribution in [3.05, 3.63) is 255 Å². The van der Waals surface area contributed by atoms with Gasteiger partial charge in [-0.25, -0.2) is 0 Å². The fraction of sp³-hybridized carbons (Fsp3) is 0. The van der Waals surface area contributed by atoms with Gasteiger partial charge in [0.15, 0.2) is 0 Å². The lowest BCUT2D eigenvalue weighted by molar-refractivity contribution is 1.18. The molecule has 0 unspecified atom stereocenters. The molecule has 0 bridgehead atoms. The average molecular weight is 791 g/mol. The molecule has 0 aliphatic carbocycles. The topological polar surface area (TPSA) is 8.17 Å². The van der Waals surface area contributed by atoms with Gasteiger partial charge in [-0.2, -0.15) is 0 Å². The van der Waals surface area contributed by atoms with Gasteiger partial charge in [0.25, 0.3) is 0 Å². The fourth-order valence-electron chi connectivity index (χ4n) is 9.22. The molecule has 11 rings (SSSR count). The van der Waals surface area contributed by atoms with Crippen molar-refractivity contribution in [2.24, 2.45) is 0 Å². The van der Waals surface area contributed by atoms with E-state index < -0.39 is 0 Å². The van der Waals surface area contributed by atoms with Crippen molar-refractivity contribution in [2.45, 2.75) is 0 Å². The first-order chi connectivity index (χ1) is 30.8. The molecule has 0 saturated carbocycles. The lowest BCUT2D eigenvalue weighted by Gasteiger charge is -2.30. The van der Waals surface area contributed by atoms with E-state index in [1.807, 2.05) is 0 Å². The van der Waals surface area contributed by atoms with E-state index in [0.29, 0.717) is 0 Å². The first kappa shape index (κ1) is 36.8. The maximum absolute atomic E-state index is 2.51. The summed E-state index contributed by atoms with van der Waals surface area (Å²) in [6, 6.07) is 92.3. The normalized spacial score (nSPS) is 11.2. The van der Waals surface area contributed by atoms with Crippen LogP contribution >= 0.6 is 0 Å². The van der Waals surface area contributed by atoms with Gasteiger partial charge in [-0.15, -0.1) is 0 Å². The second-order valence-electron chi connectivity index (χ2n) is 15.7. The molecule has 2 nitrogen and oxygen atoms in total. The van der Waals surface area contributed by atoms with Gasteiger partial charge >= 0.3 is 0 Å². The van der Waals surface area contributed by atoms with Gasteiger partial charge in [0.2, 0.25) is 0 Å². The summed E-state index contributed by atoms with van der Waals surface area (Å²) in [5.41, 5.74) is 18.4. The van der Waals surface area contributed by atoms with Gasteiger partial charge < -0.3 is 9.47 Å². The van der Waals surface area contributed by atoms with Crippen LogP contribution in [0.25, 0.3) is 83.1 Å². The van der Waals surface area contributed by atoms with Gasteiger partial charge in [-0.1, -0.05) is 200 Å². The molecule has 1 heterocycles. The van der Waals surface area contributed by atoms with Crippen LogP contribution in [0.3, 0.4) is 0 Å². The summed E-state index contributed by atoms with van der Waals surface area (Å²) in [4.78, 5) is 2.51. The van der Waals surface area contributed by atoms with E-state index in [-0.39, 0.29) is 0 Å². The highest BCUT2D eigenvalue weighted by Gasteiger charge is 2.25. The number of nitrogens with zero attached hydrogens (tertiary/aromatic N) is 2. The highest BCUT2D eigenvalue weighted by molar-refractivity contribution is 6.17. The van der Waals surface area contributed by atoms with Gasteiger partial charge in [-0.05, 0) is 105 Å². The molecule has 62 heavy (non-hydrogen) atoms. The molecule has 0 radical (unpaired) electrons. The Kier molecular flexibility index (Phi) is 9.57.